The summed E-state index contributed by atoms with van der Waals surface area (Å²) in [5.41, 5.74) is 7.79. The normalized spacial score (nSPS) is 16.3. The molecule has 4 nitrogen and oxygen atoms in total. The van der Waals surface area contributed by atoms with Gasteiger partial charge in [-0.05, 0) is 29.9 Å². The Labute approximate surface area is 114 Å². The number of carbonyl (C=O) groups excluding carboxylic acids is 1. The van der Waals surface area contributed by atoms with Crippen molar-refractivity contribution in [2.45, 2.75) is 32.4 Å². The lowest BCUT2D eigenvalue weighted by atomic mass is 9.96. The molecule has 1 aromatic rings. The van der Waals surface area contributed by atoms with Crippen LogP contribution in [0.2, 0.25) is 0 Å². The number of amides is 1. The third kappa shape index (κ3) is 4.65. The molecule has 0 unspecified atom stereocenters. The van der Waals surface area contributed by atoms with Gasteiger partial charge in [-0.3, -0.25) is 4.79 Å². The van der Waals surface area contributed by atoms with E-state index in [1.807, 2.05) is 24.3 Å². The molecule has 1 aliphatic rings. The third-order valence-electron chi connectivity index (χ3n) is 3.53. The molecule has 19 heavy (non-hydrogen) atoms. The first-order valence-electron chi connectivity index (χ1n) is 6.90. The summed E-state index contributed by atoms with van der Waals surface area (Å²) >= 11 is 0. The minimum atomic E-state index is 0.130. The van der Waals surface area contributed by atoms with Crippen molar-refractivity contribution in [2.24, 2.45) is 11.7 Å². The van der Waals surface area contributed by atoms with Gasteiger partial charge in [0.2, 0.25) is 5.91 Å². The summed E-state index contributed by atoms with van der Waals surface area (Å²) in [5, 5.41) is 2.98. The van der Waals surface area contributed by atoms with Gasteiger partial charge in [-0.25, -0.2) is 0 Å². The van der Waals surface area contributed by atoms with Gasteiger partial charge in [0, 0.05) is 32.7 Å². The van der Waals surface area contributed by atoms with Crippen LogP contribution in [0.15, 0.2) is 24.3 Å². The van der Waals surface area contributed by atoms with E-state index in [-0.39, 0.29) is 5.91 Å². The fourth-order valence-electron chi connectivity index (χ4n) is 2.35. The standard InChI is InChI=1S/C15H22N2O2/c16-10-13-2-1-3-14(8-13)11-17-15(18)9-12-4-6-19-7-5-12/h1-3,8,12H,4-7,9-11,16H2,(H,17,18). The molecular weight excluding hydrogens is 240 g/mol. The van der Waals surface area contributed by atoms with Crippen LogP contribution in [0.3, 0.4) is 0 Å². The number of nitrogens with two attached hydrogens (primary N) is 1. The van der Waals surface area contributed by atoms with Gasteiger partial charge in [0.1, 0.15) is 0 Å². The first kappa shape index (κ1) is 14.0. The summed E-state index contributed by atoms with van der Waals surface area (Å²) in [6, 6.07) is 8.01. The van der Waals surface area contributed by atoms with Gasteiger partial charge in [0.15, 0.2) is 0 Å². The number of rotatable bonds is 5. The maximum absolute atomic E-state index is 11.9. The van der Waals surface area contributed by atoms with Crippen molar-refractivity contribution in [2.75, 3.05) is 13.2 Å². The Kier molecular flexibility index (Phi) is 5.36. The first-order valence-corrected chi connectivity index (χ1v) is 6.90. The highest BCUT2D eigenvalue weighted by molar-refractivity contribution is 5.76. The van der Waals surface area contributed by atoms with E-state index >= 15 is 0 Å². The average molecular weight is 262 g/mol. The monoisotopic (exact) mass is 262 g/mol. The fourth-order valence-corrected chi connectivity index (χ4v) is 2.35. The predicted molar refractivity (Wildman–Crippen MR) is 74.3 cm³/mol. The van der Waals surface area contributed by atoms with Gasteiger partial charge in [0.25, 0.3) is 0 Å². The lowest BCUT2D eigenvalue weighted by Gasteiger charge is -2.21. The van der Waals surface area contributed by atoms with Crippen LogP contribution in [0.5, 0.6) is 0 Å². The van der Waals surface area contributed by atoms with Gasteiger partial charge >= 0.3 is 0 Å². The van der Waals surface area contributed by atoms with E-state index in [4.69, 9.17) is 10.5 Å². The zero-order valence-electron chi connectivity index (χ0n) is 11.2. The SMILES string of the molecule is NCc1cccc(CNC(=O)CC2CCOCC2)c1. The molecule has 0 aliphatic carbocycles. The molecule has 0 radical (unpaired) electrons. The van der Waals surface area contributed by atoms with E-state index < -0.39 is 0 Å². The molecule has 4 heteroatoms. The minimum absolute atomic E-state index is 0.130. The predicted octanol–water partition coefficient (Wildman–Crippen LogP) is 1.58. The van der Waals surface area contributed by atoms with Crippen LogP contribution < -0.4 is 11.1 Å². The maximum Gasteiger partial charge on any atom is 0.220 e. The van der Waals surface area contributed by atoms with Crippen molar-refractivity contribution in [3.8, 4) is 0 Å². The first-order chi connectivity index (χ1) is 9.28. The van der Waals surface area contributed by atoms with Gasteiger partial charge in [-0.1, -0.05) is 24.3 Å². The quantitative estimate of drug-likeness (QED) is 0.846. The second kappa shape index (κ2) is 7.26. The van der Waals surface area contributed by atoms with E-state index in [1.165, 1.54) is 0 Å². The fraction of sp³-hybridized carbons (Fsp3) is 0.533. The maximum atomic E-state index is 11.9. The number of benzene rings is 1. The second-order valence-corrected chi connectivity index (χ2v) is 5.06. The van der Waals surface area contributed by atoms with Crippen LogP contribution in [0.25, 0.3) is 0 Å². The molecule has 0 saturated carbocycles. The number of nitrogens with one attached hydrogen (secondary N) is 1. The highest BCUT2D eigenvalue weighted by atomic mass is 16.5. The highest BCUT2D eigenvalue weighted by Crippen LogP contribution is 2.18. The molecule has 1 amide bonds. The van der Waals surface area contributed by atoms with Crippen LogP contribution in [-0.4, -0.2) is 19.1 Å². The Morgan fingerprint density at radius 2 is 2.05 bits per heavy atom. The molecule has 1 saturated heterocycles. The van der Waals surface area contributed by atoms with Crippen LogP contribution in [-0.2, 0) is 22.6 Å². The van der Waals surface area contributed by atoms with Gasteiger partial charge in [0.05, 0.1) is 0 Å². The summed E-state index contributed by atoms with van der Waals surface area (Å²) in [4.78, 5) is 11.9. The molecule has 1 aliphatic heterocycles. The van der Waals surface area contributed by atoms with Crippen molar-refractivity contribution in [1.29, 1.82) is 0 Å². The molecular formula is C15H22N2O2. The zero-order chi connectivity index (χ0) is 13.5. The van der Waals surface area contributed by atoms with E-state index in [9.17, 15) is 4.79 Å². The topological polar surface area (TPSA) is 64.3 Å². The number of carbonyl (C=O) groups is 1. The molecule has 2 rings (SSSR count). The largest absolute Gasteiger partial charge is 0.381 e. The third-order valence-corrected chi connectivity index (χ3v) is 3.53. The smallest absolute Gasteiger partial charge is 0.220 e. The summed E-state index contributed by atoms with van der Waals surface area (Å²) in [6.45, 7) is 2.69. The summed E-state index contributed by atoms with van der Waals surface area (Å²) in [5.74, 6) is 0.606. The molecule has 0 atom stereocenters. The summed E-state index contributed by atoms with van der Waals surface area (Å²) in [6.07, 6.45) is 2.60. The number of ether oxygens (including phenoxy) is 1. The Bertz CT molecular complexity index is 414. The lowest BCUT2D eigenvalue weighted by molar-refractivity contribution is -0.122. The van der Waals surface area contributed by atoms with Crippen molar-refractivity contribution >= 4 is 5.91 Å². The molecule has 0 spiro atoms. The van der Waals surface area contributed by atoms with Gasteiger partial charge < -0.3 is 15.8 Å². The zero-order valence-corrected chi connectivity index (χ0v) is 11.2. The van der Waals surface area contributed by atoms with E-state index in [0.717, 1.165) is 37.2 Å². The van der Waals surface area contributed by atoms with Crippen molar-refractivity contribution in [3.05, 3.63) is 35.4 Å². The van der Waals surface area contributed by atoms with Crippen molar-refractivity contribution in [1.82, 2.24) is 5.32 Å². The highest BCUT2D eigenvalue weighted by Gasteiger charge is 2.17. The van der Waals surface area contributed by atoms with Crippen LogP contribution in [0.1, 0.15) is 30.4 Å². The molecule has 104 valence electrons. The second-order valence-electron chi connectivity index (χ2n) is 5.06. The molecule has 1 heterocycles. The van der Waals surface area contributed by atoms with E-state index in [0.29, 0.717) is 25.4 Å². The molecule has 0 bridgehead atoms. The van der Waals surface area contributed by atoms with Gasteiger partial charge in [-0.2, -0.15) is 0 Å². The van der Waals surface area contributed by atoms with Crippen LogP contribution >= 0.6 is 0 Å². The van der Waals surface area contributed by atoms with E-state index in [2.05, 4.69) is 5.32 Å². The summed E-state index contributed by atoms with van der Waals surface area (Å²) in [7, 11) is 0. The molecule has 1 aromatic carbocycles. The Hall–Kier alpha value is -1.39. The minimum Gasteiger partial charge on any atom is -0.381 e. The Morgan fingerprint density at radius 1 is 1.32 bits per heavy atom. The molecule has 0 aromatic heterocycles. The van der Waals surface area contributed by atoms with Gasteiger partial charge in [-0.15, -0.1) is 0 Å². The van der Waals surface area contributed by atoms with Crippen LogP contribution in [0.4, 0.5) is 0 Å². The molecule has 3 N–H and O–H groups in total. The summed E-state index contributed by atoms with van der Waals surface area (Å²) < 4.78 is 5.29. The van der Waals surface area contributed by atoms with Crippen molar-refractivity contribution in [3.63, 3.8) is 0 Å². The lowest BCUT2D eigenvalue weighted by Crippen LogP contribution is -2.27. The van der Waals surface area contributed by atoms with Crippen molar-refractivity contribution < 1.29 is 9.53 Å². The molecule has 1 fully saturated rings. The Balaban J connectivity index is 1.76. The van der Waals surface area contributed by atoms with Crippen LogP contribution in [0, 0.1) is 5.92 Å². The van der Waals surface area contributed by atoms with E-state index in [1.54, 1.807) is 0 Å². The number of hydrogen-bond acceptors (Lipinski definition) is 3. The average Bonchev–Trinajstić information content (AvgIpc) is 2.46. The number of hydrogen-bond donors (Lipinski definition) is 2. The Morgan fingerprint density at radius 3 is 2.79 bits per heavy atom.